The molecule has 0 radical (unpaired) electrons. The van der Waals surface area contributed by atoms with Gasteiger partial charge in [-0.05, 0) is 29.3 Å². The highest BCUT2D eigenvalue weighted by Gasteiger charge is 2.14. The molecule has 0 saturated heterocycles. The first-order chi connectivity index (χ1) is 11.2. The Bertz CT molecular complexity index is 836. The van der Waals surface area contributed by atoms with E-state index in [4.69, 9.17) is 11.6 Å². The molecule has 0 unspecified atom stereocenters. The van der Waals surface area contributed by atoms with Crippen LogP contribution < -0.4 is 0 Å². The summed E-state index contributed by atoms with van der Waals surface area (Å²) in [5.74, 6) is -0.00299. The first kappa shape index (κ1) is 15.3. The number of hydrogen-bond acceptors (Lipinski definition) is 1. The van der Waals surface area contributed by atoms with Crippen LogP contribution in [-0.4, -0.2) is 5.78 Å². The summed E-state index contributed by atoms with van der Waals surface area (Å²) in [4.78, 5) is 12.9. The molecule has 0 aromatic heterocycles. The van der Waals surface area contributed by atoms with Crippen LogP contribution in [0.25, 0.3) is 11.6 Å². The van der Waals surface area contributed by atoms with Crippen molar-refractivity contribution in [2.75, 3.05) is 0 Å². The van der Waals surface area contributed by atoms with Crippen LogP contribution in [-0.2, 0) is 0 Å². The van der Waals surface area contributed by atoms with Crippen molar-refractivity contribution in [1.29, 1.82) is 0 Å². The fourth-order valence-electron chi connectivity index (χ4n) is 2.41. The van der Waals surface area contributed by atoms with Gasteiger partial charge in [0, 0.05) is 16.2 Å². The standard InChI is InChI=1S/C21H15ClO/c22-19-13-7-8-16(14-19)15-20(17-9-3-1-4-10-17)21(23)18-11-5-2-6-12-18/h1-15H/b20-15-. The third-order valence-electron chi connectivity index (χ3n) is 3.53. The average molecular weight is 319 g/mol. The summed E-state index contributed by atoms with van der Waals surface area (Å²) in [5.41, 5.74) is 3.12. The summed E-state index contributed by atoms with van der Waals surface area (Å²) in [6.07, 6.45) is 1.89. The Hall–Kier alpha value is -2.64. The van der Waals surface area contributed by atoms with Crippen LogP contribution in [0.1, 0.15) is 21.5 Å². The molecule has 1 nitrogen and oxygen atoms in total. The fourth-order valence-corrected chi connectivity index (χ4v) is 2.60. The van der Waals surface area contributed by atoms with Crippen LogP contribution >= 0.6 is 11.6 Å². The fraction of sp³-hybridized carbons (Fsp3) is 0. The molecule has 0 aliphatic rings. The third kappa shape index (κ3) is 3.77. The Kier molecular flexibility index (Phi) is 4.70. The number of rotatable bonds is 4. The van der Waals surface area contributed by atoms with Gasteiger partial charge >= 0.3 is 0 Å². The Morgan fingerprint density at radius 1 is 0.739 bits per heavy atom. The molecule has 3 rings (SSSR count). The monoisotopic (exact) mass is 318 g/mol. The van der Waals surface area contributed by atoms with E-state index in [2.05, 4.69) is 0 Å². The van der Waals surface area contributed by atoms with Crippen molar-refractivity contribution in [3.63, 3.8) is 0 Å². The van der Waals surface area contributed by atoms with Crippen molar-refractivity contribution < 1.29 is 4.79 Å². The summed E-state index contributed by atoms with van der Waals surface area (Å²) in [6, 6.07) is 26.5. The zero-order chi connectivity index (χ0) is 16.1. The molecule has 0 bridgehead atoms. The van der Waals surface area contributed by atoms with E-state index in [1.54, 1.807) is 0 Å². The minimum Gasteiger partial charge on any atom is -0.289 e. The topological polar surface area (TPSA) is 17.1 Å². The second kappa shape index (κ2) is 7.08. The summed E-state index contributed by atoms with van der Waals surface area (Å²) >= 11 is 6.06. The van der Waals surface area contributed by atoms with Gasteiger partial charge in [-0.25, -0.2) is 0 Å². The van der Waals surface area contributed by atoms with Gasteiger partial charge in [0.05, 0.1) is 0 Å². The summed E-state index contributed by atoms with van der Waals surface area (Å²) in [7, 11) is 0. The highest BCUT2D eigenvalue weighted by atomic mass is 35.5. The Morgan fingerprint density at radius 3 is 1.96 bits per heavy atom. The van der Waals surface area contributed by atoms with Crippen molar-refractivity contribution in [3.8, 4) is 0 Å². The number of ketones is 1. The van der Waals surface area contributed by atoms with Gasteiger partial charge in [-0.3, -0.25) is 4.79 Å². The molecule has 0 amide bonds. The van der Waals surface area contributed by atoms with Gasteiger partial charge in [-0.2, -0.15) is 0 Å². The molecule has 23 heavy (non-hydrogen) atoms. The number of allylic oxidation sites excluding steroid dienone is 1. The lowest BCUT2D eigenvalue weighted by Gasteiger charge is -2.08. The summed E-state index contributed by atoms with van der Waals surface area (Å²) < 4.78 is 0. The first-order valence-corrected chi connectivity index (χ1v) is 7.74. The zero-order valence-electron chi connectivity index (χ0n) is 12.4. The number of Topliss-reactive ketones (excluding diaryl/α,β-unsaturated/α-hetero) is 1. The quantitative estimate of drug-likeness (QED) is 0.339. The van der Waals surface area contributed by atoms with E-state index in [-0.39, 0.29) is 5.78 Å². The van der Waals surface area contributed by atoms with Crippen molar-refractivity contribution in [1.82, 2.24) is 0 Å². The van der Waals surface area contributed by atoms with Crippen LogP contribution in [0.2, 0.25) is 5.02 Å². The van der Waals surface area contributed by atoms with E-state index in [1.807, 2.05) is 91.0 Å². The van der Waals surface area contributed by atoms with E-state index in [9.17, 15) is 4.79 Å². The van der Waals surface area contributed by atoms with Crippen LogP contribution in [0, 0.1) is 0 Å². The van der Waals surface area contributed by atoms with Gasteiger partial charge in [0.25, 0.3) is 0 Å². The van der Waals surface area contributed by atoms with Gasteiger partial charge in [-0.1, -0.05) is 84.4 Å². The van der Waals surface area contributed by atoms with E-state index >= 15 is 0 Å². The molecule has 0 atom stereocenters. The second-order valence-electron chi connectivity index (χ2n) is 5.17. The molecule has 2 heteroatoms. The van der Waals surface area contributed by atoms with Gasteiger partial charge in [-0.15, -0.1) is 0 Å². The Labute approximate surface area is 140 Å². The minimum absolute atomic E-state index is 0.00299. The zero-order valence-corrected chi connectivity index (χ0v) is 13.2. The number of carbonyl (C=O) groups is 1. The number of benzene rings is 3. The molecule has 0 saturated carbocycles. The lowest BCUT2D eigenvalue weighted by molar-refractivity contribution is 0.105. The van der Waals surface area contributed by atoms with E-state index < -0.39 is 0 Å². The normalized spacial score (nSPS) is 11.3. The van der Waals surface area contributed by atoms with Crippen molar-refractivity contribution in [3.05, 3.63) is 107 Å². The van der Waals surface area contributed by atoms with Gasteiger partial charge in [0.1, 0.15) is 0 Å². The predicted octanol–water partition coefficient (Wildman–Crippen LogP) is 5.76. The summed E-state index contributed by atoms with van der Waals surface area (Å²) in [5, 5.41) is 0.651. The molecular formula is C21H15ClO. The molecule has 0 fully saturated rings. The number of hydrogen-bond donors (Lipinski definition) is 0. The molecule has 0 N–H and O–H groups in total. The van der Waals surface area contributed by atoms with Crippen LogP contribution in [0.3, 0.4) is 0 Å². The molecule has 0 aliphatic carbocycles. The summed E-state index contributed by atoms with van der Waals surface area (Å²) in [6.45, 7) is 0. The highest BCUT2D eigenvalue weighted by molar-refractivity contribution is 6.33. The SMILES string of the molecule is O=C(/C(=C\c1cccc(Cl)c1)c1ccccc1)c1ccccc1. The van der Waals surface area contributed by atoms with Crippen LogP contribution in [0.4, 0.5) is 0 Å². The van der Waals surface area contributed by atoms with Gasteiger partial charge in [0.15, 0.2) is 5.78 Å². The lowest BCUT2D eigenvalue weighted by Crippen LogP contribution is -2.02. The molecule has 3 aromatic carbocycles. The Morgan fingerprint density at radius 2 is 1.35 bits per heavy atom. The maximum Gasteiger partial charge on any atom is 0.193 e. The third-order valence-corrected chi connectivity index (χ3v) is 3.76. The first-order valence-electron chi connectivity index (χ1n) is 7.36. The van der Waals surface area contributed by atoms with Crippen molar-refractivity contribution >= 4 is 29.0 Å². The van der Waals surface area contributed by atoms with Gasteiger partial charge < -0.3 is 0 Å². The average Bonchev–Trinajstić information content (AvgIpc) is 2.61. The van der Waals surface area contributed by atoms with Gasteiger partial charge in [0.2, 0.25) is 0 Å². The highest BCUT2D eigenvalue weighted by Crippen LogP contribution is 2.24. The predicted molar refractivity (Wildman–Crippen MR) is 96.5 cm³/mol. The number of carbonyl (C=O) groups excluding carboxylic acids is 1. The minimum atomic E-state index is -0.00299. The van der Waals surface area contributed by atoms with Crippen molar-refractivity contribution in [2.45, 2.75) is 0 Å². The van der Waals surface area contributed by atoms with Crippen molar-refractivity contribution in [2.24, 2.45) is 0 Å². The smallest absolute Gasteiger partial charge is 0.193 e. The number of halogens is 1. The second-order valence-corrected chi connectivity index (χ2v) is 5.61. The molecular weight excluding hydrogens is 304 g/mol. The molecule has 112 valence electrons. The Balaban J connectivity index is 2.10. The lowest BCUT2D eigenvalue weighted by atomic mass is 9.95. The van der Waals surface area contributed by atoms with E-state index in [0.29, 0.717) is 16.2 Å². The van der Waals surface area contributed by atoms with Crippen LogP contribution in [0.15, 0.2) is 84.9 Å². The largest absolute Gasteiger partial charge is 0.289 e. The van der Waals surface area contributed by atoms with E-state index in [0.717, 1.165) is 11.1 Å². The maximum atomic E-state index is 12.9. The molecule has 3 aromatic rings. The molecule has 0 aliphatic heterocycles. The molecule has 0 heterocycles. The van der Waals surface area contributed by atoms with Crippen LogP contribution in [0.5, 0.6) is 0 Å². The maximum absolute atomic E-state index is 12.9. The molecule has 0 spiro atoms. The van der Waals surface area contributed by atoms with E-state index in [1.165, 1.54) is 0 Å².